The van der Waals surface area contributed by atoms with Crippen molar-refractivity contribution in [1.82, 2.24) is 24.3 Å². The number of fused-ring (bicyclic) bond motifs is 3. The van der Waals surface area contributed by atoms with Crippen LogP contribution < -0.4 is 10.1 Å². The van der Waals surface area contributed by atoms with Crippen molar-refractivity contribution >= 4 is 17.6 Å². The molecule has 1 atom stereocenters. The first-order valence-corrected chi connectivity index (χ1v) is 10.2. The zero-order chi connectivity index (χ0) is 27.5. The number of anilines is 1. The van der Waals surface area contributed by atoms with Gasteiger partial charge in [-0.1, -0.05) is 0 Å². The molecule has 0 bridgehead atoms. The summed E-state index contributed by atoms with van der Waals surface area (Å²) in [5, 5.41) is 22.7. The summed E-state index contributed by atoms with van der Waals surface area (Å²) in [7, 11) is 0. The Bertz CT molecular complexity index is 1290. The van der Waals surface area contributed by atoms with Crippen molar-refractivity contribution < 1.29 is 50.9 Å². The lowest BCUT2D eigenvalue weighted by atomic mass is 10.1. The number of benzene rings is 1. The summed E-state index contributed by atoms with van der Waals surface area (Å²) in [5.41, 5.74) is 1.46. The Labute approximate surface area is 203 Å². The third kappa shape index (κ3) is 6.89. The van der Waals surface area contributed by atoms with E-state index in [1.807, 2.05) is 0 Å². The van der Waals surface area contributed by atoms with Crippen LogP contribution in [0.5, 0.6) is 5.75 Å². The van der Waals surface area contributed by atoms with Gasteiger partial charge in [0, 0.05) is 18.0 Å². The van der Waals surface area contributed by atoms with Crippen molar-refractivity contribution in [3.8, 4) is 28.7 Å². The maximum absolute atomic E-state index is 12.8. The summed E-state index contributed by atoms with van der Waals surface area (Å²) >= 11 is 0. The van der Waals surface area contributed by atoms with Crippen LogP contribution in [-0.2, 0) is 22.7 Å². The molecule has 37 heavy (non-hydrogen) atoms. The molecule has 0 radical (unpaired) electrons. The van der Waals surface area contributed by atoms with Gasteiger partial charge in [-0.2, -0.15) is 31.4 Å². The Morgan fingerprint density at radius 3 is 2.43 bits per heavy atom. The molecule has 1 unspecified atom stereocenters. The van der Waals surface area contributed by atoms with Gasteiger partial charge in [-0.3, -0.25) is 4.79 Å². The van der Waals surface area contributed by atoms with Gasteiger partial charge in [-0.05, 0) is 19.1 Å². The number of alkyl halides is 6. The normalized spacial score (nSPS) is 13.7. The fourth-order valence-corrected chi connectivity index (χ4v) is 3.14. The Kier molecular flexibility index (Phi) is 7.63. The fourth-order valence-electron chi connectivity index (χ4n) is 3.14. The minimum Gasteiger partial charge on any atom is -0.491 e. The van der Waals surface area contributed by atoms with Crippen LogP contribution in [0.25, 0.3) is 22.9 Å². The predicted octanol–water partition coefficient (Wildman–Crippen LogP) is 3.28. The van der Waals surface area contributed by atoms with Gasteiger partial charge in [0.15, 0.2) is 5.82 Å². The topological polar surface area (TPSA) is 144 Å². The van der Waals surface area contributed by atoms with Gasteiger partial charge in [-0.15, -0.1) is 0 Å². The zero-order valence-corrected chi connectivity index (χ0v) is 18.7. The van der Waals surface area contributed by atoms with Crippen LogP contribution in [0.15, 0.2) is 30.7 Å². The first-order chi connectivity index (χ1) is 17.2. The van der Waals surface area contributed by atoms with E-state index in [0.717, 1.165) is 11.0 Å². The van der Waals surface area contributed by atoms with E-state index in [2.05, 4.69) is 20.4 Å². The van der Waals surface area contributed by atoms with E-state index in [1.54, 1.807) is 29.0 Å². The molecule has 0 saturated carbocycles. The third-order valence-electron chi connectivity index (χ3n) is 4.76. The standard InChI is InChI=1S/C18H17F3N6O3.C2HF3O2/c1-10(17(28)29)24-11-2-3-12-14(6-11)30-5-4-26-7-13(25-15(12)26)16-22-9-23-27(16)8-18(19,20)21;3-2(4,5)1(6)7/h2-3,6-7,9-10,24H,4-5,8H2,1H3,(H,28,29);(H,6,7). The molecule has 0 aliphatic carbocycles. The molecule has 2 aromatic heterocycles. The molecule has 1 aliphatic heterocycles. The maximum atomic E-state index is 12.8. The lowest BCUT2D eigenvalue weighted by Crippen LogP contribution is -2.25. The average molecular weight is 536 g/mol. The SMILES string of the molecule is CC(Nc1ccc2c(c1)OCCn1cc(-c3ncnn3CC(F)(F)F)nc1-2)C(=O)O.O=C(O)C(F)(F)F. The first kappa shape index (κ1) is 27.3. The molecular weight excluding hydrogens is 518 g/mol. The number of aromatic nitrogens is 5. The van der Waals surface area contributed by atoms with Gasteiger partial charge in [0.2, 0.25) is 0 Å². The quantitative estimate of drug-likeness (QED) is 0.419. The molecule has 3 aromatic rings. The number of rotatable bonds is 5. The van der Waals surface area contributed by atoms with E-state index in [1.165, 1.54) is 6.92 Å². The Hall–Kier alpha value is -4.31. The highest BCUT2D eigenvalue weighted by Crippen LogP contribution is 2.35. The van der Waals surface area contributed by atoms with Crippen molar-refractivity contribution in [2.24, 2.45) is 0 Å². The van der Waals surface area contributed by atoms with Crippen LogP contribution in [0.4, 0.5) is 32.0 Å². The molecule has 4 rings (SSSR count). The van der Waals surface area contributed by atoms with Gasteiger partial charge >= 0.3 is 24.3 Å². The van der Waals surface area contributed by atoms with E-state index in [4.69, 9.17) is 19.7 Å². The molecule has 200 valence electrons. The van der Waals surface area contributed by atoms with Crippen LogP contribution in [0.1, 0.15) is 6.92 Å². The zero-order valence-electron chi connectivity index (χ0n) is 18.7. The van der Waals surface area contributed by atoms with Crippen molar-refractivity contribution in [3.05, 3.63) is 30.7 Å². The van der Waals surface area contributed by atoms with E-state index in [9.17, 15) is 31.1 Å². The summed E-state index contributed by atoms with van der Waals surface area (Å²) in [6.07, 6.45) is -6.84. The summed E-state index contributed by atoms with van der Waals surface area (Å²) in [4.78, 5) is 28.4. The Morgan fingerprint density at radius 2 is 1.84 bits per heavy atom. The van der Waals surface area contributed by atoms with Gasteiger partial charge < -0.3 is 24.8 Å². The summed E-state index contributed by atoms with van der Waals surface area (Å²) < 4.78 is 78.4. The van der Waals surface area contributed by atoms with Gasteiger partial charge in [-0.25, -0.2) is 19.4 Å². The molecule has 11 nitrogen and oxygen atoms in total. The highest BCUT2D eigenvalue weighted by molar-refractivity contribution is 5.78. The largest absolute Gasteiger partial charge is 0.491 e. The van der Waals surface area contributed by atoms with Crippen LogP contribution in [0, 0.1) is 0 Å². The highest BCUT2D eigenvalue weighted by atomic mass is 19.4. The minimum absolute atomic E-state index is 0.0175. The molecule has 1 aliphatic rings. The maximum Gasteiger partial charge on any atom is 0.490 e. The number of carboxylic acid groups (broad SMARTS) is 2. The van der Waals surface area contributed by atoms with E-state index < -0.39 is 36.9 Å². The van der Waals surface area contributed by atoms with Gasteiger partial charge in [0.1, 0.15) is 42.8 Å². The van der Waals surface area contributed by atoms with Crippen LogP contribution >= 0.6 is 0 Å². The second kappa shape index (κ2) is 10.4. The first-order valence-electron chi connectivity index (χ1n) is 10.2. The lowest BCUT2D eigenvalue weighted by Gasteiger charge is -2.13. The number of imidazole rings is 1. The third-order valence-corrected chi connectivity index (χ3v) is 4.76. The lowest BCUT2D eigenvalue weighted by molar-refractivity contribution is -0.192. The second-order valence-electron chi connectivity index (χ2n) is 7.57. The number of carbonyl (C=O) groups is 2. The molecule has 17 heteroatoms. The van der Waals surface area contributed by atoms with E-state index >= 15 is 0 Å². The number of nitrogens with zero attached hydrogens (tertiary/aromatic N) is 5. The van der Waals surface area contributed by atoms with Gasteiger partial charge in [0.05, 0.1) is 12.1 Å². The number of aliphatic carboxylic acids is 2. The summed E-state index contributed by atoms with van der Waals surface area (Å²) in [5.74, 6) is -2.73. The molecule has 1 aromatic carbocycles. The van der Waals surface area contributed by atoms with Crippen molar-refractivity contribution in [2.45, 2.75) is 38.4 Å². The molecule has 0 spiro atoms. The Morgan fingerprint density at radius 1 is 1.16 bits per heavy atom. The number of halogens is 6. The number of ether oxygens (including phenoxy) is 1. The van der Waals surface area contributed by atoms with E-state index in [-0.39, 0.29) is 11.5 Å². The number of hydrogen-bond acceptors (Lipinski definition) is 7. The monoisotopic (exact) mass is 536 g/mol. The van der Waals surface area contributed by atoms with Crippen molar-refractivity contribution in [3.63, 3.8) is 0 Å². The molecule has 0 fully saturated rings. The number of carboxylic acids is 2. The smallest absolute Gasteiger partial charge is 0.490 e. The second-order valence-corrected chi connectivity index (χ2v) is 7.57. The van der Waals surface area contributed by atoms with Gasteiger partial charge in [0.25, 0.3) is 0 Å². The van der Waals surface area contributed by atoms with Crippen LogP contribution in [-0.4, -0.2) is 71.5 Å². The van der Waals surface area contributed by atoms with Crippen molar-refractivity contribution in [2.75, 3.05) is 11.9 Å². The summed E-state index contributed by atoms with van der Waals surface area (Å²) in [6, 6.07) is 4.30. The fraction of sp³-hybridized carbons (Fsp3) is 0.350. The molecular formula is C20H18F6N6O5. The number of nitrogens with one attached hydrogen (secondary N) is 1. The van der Waals surface area contributed by atoms with Crippen LogP contribution in [0.3, 0.4) is 0 Å². The molecule has 0 saturated heterocycles. The summed E-state index contributed by atoms with van der Waals surface area (Å²) in [6.45, 7) is 0.994. The predicted molar refractivity (Wildman–Crippen MR) is 113 cm³/mol. The van der Waals surface area contributed by atoms with Crippen LogP contribution in [0.2, 0.25) is 0 Å². The molecule has 3 heterocycles. The van der Waals surface area contributed by atoms with Crippen molar-refractivity contribution in [1.29, 1.82) is 0 Å². The Balaban J connectivity index is 0.000000479. The average Bonchev–Trinajstić information content (AvgIpc) is 3.35. The van der Waals surface area contributed by atoms with E-state index in [0.29, 0.717) is 36.0 Å². The molecule has 3 N–H and O–H groups in total. The minimum atomic E-state index is -5.08. The number of hydrogen-bond donors (Lipinski definition) is 3. The highest BCUT2D eigenvalue weighted by Gasteiger charge is 2.38. The molecule has 0 amide bonds.